The second kappa shape index (κ2) is 14.3. The van der Waals surface area contributed by atoms with Crippen molar-refractivity contribution < 1.29 is 42.8 Å². The Labute approximate surface area is 193 Å². The standard InChI is InChI=1S/C24H30O9/c1-16(2)22(25)31-10-7-28-19-13-20(29-8-11-32-23(26)17(3)4)15-21(14-19)30-9-12-33-24(27)18(5)6/h13-15H,1,3,5,7-12H2,2,4,6H3. The molecule has 0 radical (unpaired) electrons. The molecule has 0 amide bonds. The van der Waals surface area contributed by atoms with Gasteiger partial charge in [-0.2, -0.15) is 0 Å². The number of carbonyl (C=O) groups is 3. The maximum Gasteiger partial charge on any atom is 0.333 e. The van der Waals surface area contributed by atoms with E-state index in [1.54, 1.807) is 39.0 Å². The minimum Gasteiger partial charge on any atom is -0.490 e. The summed E-state index contributed by atoms with van der Waals surface area (Å²) in [5.41, 5.74) is 0.877. The molecule has 0 aliphatic rings. The minimum absolute atomic E-state index is 0.0285. The van der Waals surface area contributed by atoms with Crippen LogP contribution in [0.4, 0.5) is 0 Å². The molecule has 0 heterocycles. The average Bonchev–Trinajstić information content (AvgIpc) is 2.76. The second-order valence-corrected chi connectivity index (χ2v) is 6.93. The molecule has 9 nitrogen and oxygen atoms in total. The van der Waals surface area contributed by atoms with E-state index in [-0.39, 0.29) is 39.6 Å². The van der Waals surface area contributed by atoms with E-state index in [0.29, 0.717) is 34.0 Å². The SMILES string of the molecule is C=C(C)C(=O)OCCOc1cc(OCCOC(=O)C(=C)C)cc(OCCOC(=O)C(=C)C)c1. The highest BCUT2D eigenvalue weighted by Gasteiger charge is 2.09. The molecule has 0 unspecified atom stereocenters. The Balaban J connectivity index is 2.69. The highest BCUT2D eigenvalue weighted by molar-refractivity contribution is 5.87. The van der Waals surface area contributed by atoms with Gasteiger partial charge in [0.2, 0.25) is 0 Å². The zero-order valence-electron chi connectivity index (χ0n) is 19.3. The number of esters is 3. The Morgan fingerprint density at radius 1 is 0.545 bits per heavy atom. The molecule has 0 aliphatic heterocycles. The summed E-state index contributed by atoms with van der Waals surface area (Å²) >= 11 is 0. The van der Waals surface area contributed by atoms with Crippen LogP contribution >= 0.6 is 0 Å². The summed E-state index contributed by atoms with van der Waals surface area (Å²) in [7, 11) is 0. The zero-order chi connectivity index (χ0) is 24.8. The fourth-order valence-corrected chi connectivity index (χ4v) is 2.05. The summed E-state index contributed by atoms with van der Waals surface area (Å²) in [6.45, 7) is 15.5. The van der Waals surface area contributed by atoms with Gasteiger partial charge in [-0.05, 0) is 20.8 Å². The van der Waals surface area contributed by atoms with Gasteiger partial charge in [-0.1, -0.05) is 19.7 Å². The van der Waals surface area contributed by atoms with Gasteiger partial charge in [0.15, 0.2) is 0 Å². The van der Waals surface area contributed by atoms with Gasteiger partial charge in [-0.3, -0.25) is 0 Å². The fourth-order valence-electron chi connectivity index (χ4n) is 2.05. The van der Waals surface area contributed by atoms with E-state index in [1.165, 1.54) is 0 Å². The summed E-state index contributed by atoms with van der Waals surface area (Å²) in [5.74, 6) is -0.333. The van der Waals surface area contributed by atoms with Crippen LogP contribution in [0.15, 0.2) is 54.7 Å². The quantitative estimate of drug-likeness (QED) is 0.168. The lowest BCUT2D eigenvalue weighted by atomic mass is 10.3. The van der Waals surface area contributed by atoms with Gasteiger partial charge in [-0.15, -0.1) is 0 Å². The van der Waals surface area contributed by atoms with Crippen LogP contribution in [0.5, 0.6) is 17.2 Å². The van der Waals surface area contributed by atoms with E-state index in [0.717, 1.165) is 0 Å². The topological polar surface area (TPSA) is 107 Å². The van der Waals surface area contributed by atoms with Crippen molar-refractivity contribution in [3.8, 4) is 17.2 Å². The van der Waals surface area contributed by atoms with Crippen LogP contribution in [0.25, 0.3) is 0 Å². The van der Waals surface area contributed by atoms with Gasteiger partial charge in [0, 0.05) is 34.9 Å². The van der Waals surface area contributed by atoms with E-state index >= 15 is 0 Å². The van der Waals surface area contributed by atoms with Crippen molar-refractivity contribution in [1.29, 1.82) is 0 Å². The monoisotopic (exact) mass is 462 g/mol. The third-order valence-corrected chi connectivity index (χ3v) is 3.65. The highest BCUT2D eigenvalue weighted by atomic mass is 16.6. The van der Waals surface area contributed by atoms with Gasteiger partial charge in [0.25, 0.3) is 0 Å². The van der Waals surface area contributed by atoms with Crippen LogP contribution in [-0.4, -0.2) is 57.5 Å². The summed E-state index contributed by atoms with van der Waals surface area (Å²) in [6.07, 6.45) is 0. The van der Waals surface area contributed by atoms with Gasteiger partial charge in [0.05, 0.1) is 0 Å². The Kier molecular flexibility index (Phi) is 11.9. The molecular formula is C24H30O9. The van der Waals surface area contributed by atoms with Gasteiger partial charge in [-0.25, -0.2) is 14.4 Å². The van der Waals surface area contributed by atoms with E-state index in [1.807, 2.05) is 0 Å². The van der Waals surface area contributed by atoms with Crippen molar-refractivity contribution in [2.45, 2.75) is 20.8 Å². The van der Waals surface area contributed by atoms with E-state index in [9.17, 15) is 14.4 Å². The molecule has 0 atom stereocenters. The lowest BCUT2D eigenvalue weighted by molar-refractivity contribution is -0.140. The molecule has 1 aromatic rings. The average molecular weight is 462 g/mol. The van der Waals surface area contributed by atoms with Crippen LogP contribution in [0, 0.1) is 0 Å². The zero-order valence-corrected chi connectivity index (χ0v) is 19.3. The van der Waals surface area contributed by atoms with Gasteiger partial charge >= 0.3 is 17.9 Å². The van der Waals surface area contributed by atoms with Crippen LogP contribution in [0.1, 0.15) is 20.8 Å². The summed E-state index contributed by atoms with van der Waals surface area (Å²) in [4.78, 5) is 34.3. The van der Waals surface area contributed by atoms with Gasteiger partial charge in [0.1, 0.15) is 56.9 Å². The van der Waals surface area contributed by atoms with Crippen LogP contribution in [0.3, 0.4) is 0 Å². The normalized spacial score (nSPS) is 9.91. The number of hydrogen-bond acceptors (Lipinski definition) is 9. The Hall–Kier alpha value is -3.75. The van der Waals surface area contributed by atoms with E-state index in [2.05, 4.69) is 19.7 Å². The van der Waals surface area contributed by atoms with E-state index < -0.39 is 17.9 Å². The third-order valence-electron chi connectivity index (χ3n) is 3.65. The van der Waals surface area contributed by atoms with Gasteiger partial charge < -0.3 is 28.4 Å². The first-order chi connectivity index (χ1) is 15.6. The molecule has 0 bridgehead atoms. The molecule has 0 N–H and O–H groups in total. The van der Waals surface area contributed by atoms with Crippen molar-refractivity contribution in [2.24, 2.45) is 0 Å². The molecule has 9 heteroatoms. The number of ether oxygens (including phenoxy) is 6. The molecule has 0 aliphatic carbocycles. The first-order valence-corrected chi connectivity index (χ1v) is 10.1. The van der Waals surface area contributed by atoms with Crippen molar-refractivity contribution in [2.75, 3.05) is 39.6 Å². The first kappa shape index (κ1) is 27.3. The highest BCUT2D eigenvalue weighted by Crippen LogP contribution is 2.28. The fraction of sp³-hybridized carbons (Fsp3) is 0.375. The predicted octanol–water partition coefficient (Wildman–Crippen LogP) is 3.18. The maximum absolute atomic E-state index is 11.4. The molecule has 33 heavy (non-hydrogen) atoms. The largest absolute Gasteiger partial charge is 0.490 e. The van der Waals surface area contributed by atoms with Crippen LogP contribution in [0.2, 0.25) is 0 Å². The third kappa shape index (κ3) is 11.4. The van der Waals surface area contributed by atoms with Crippen molar-refractivity contribution >= 4 is 17.9 Å². The minimum atomic E-state index is -0.506. The van der Waals surface area contributed by atoms with Crippen molar-refractivity contribution in [3.05, 3.63) is 54.7 Å². The molecule has 1 rings (SSSR count). The molecule has 0 saturated heterocycles. The summed E-state index contributed by atoms with van der Waals surface area (Å²) in [6, 6.07) is 4.82. The molecule has 0 aromatic heterocycles. The molecule has 1 aromatic carbocycles. The number of benzene rings is 1. The molecule has 0 spiro atoms. The maximum atomic E-state index is 11.4. The molecule has 180 valence electrons. The Morgan fingerprint density at radius 3 is 1.00 bits per heavy atom. The van der Waals surface area contributed by atoms with Crippen LogP contribution < -0.4 is 14.2 Å². The number of carbonyl (C=O) groups excluding carboxylic acids is 3. The van der Waals surface area contributed by atoms with Crippen molar-refractivity contribution in [1.82, 2.24) is 0 Å². The predicted molar refractivity (Wildman–Crippen MR) is 120 cm³/mol. The second-order valence-electron chi connectivity index (χ2n) is 6.93. The van der Waals surface area contributed by atoms with Crippen LogP contribution in [-0.2, 0) is 28.6 Å². The van der Waals surface area contributed by atoms with E-state index in [4.69, 9.17) is 28.4 Å². The molecule has 0 saturated carbocycles. The lowest BCUT2D eigenvalue weighted by Gasteiger charge is -2.14. The van der Waals surface area contributed by atoms with Crippen molar-refractivity contribution in [3.63, 3.8) is 0 Å². The smallest absolute Gasteiger partial charge is 0.333 e. The number of hydrogen-bond donors (Lipinski definition) is 0. The molecular weight excluding hydrogens is 432 g/mol. The molecule has 0 fully saturated rings. The lowest BCUT2D eigenvalue weighted by Crippen LogP contribution is -2.14. The number of rotatable bonds is 15. The Bertz CT molecular complexity index is 759. The summed E-state index contributed by atoms with van der Waals surface area (Å²) < 4.78 is 31.8. The first-order valence-electron chi connectivity index (χ1n) is 10.1. The summed E-state index contributed by atoms with van der Waals surface area (Å²) in [5, 5.41) is 0. The Morgan fingerprint density at radius 2 is 0.788 bits per heavy atom.